The molecule has 0 unspecified atom stereocenters. The van der Waals surface area contributed by atoms with Gasteiger partial charge in [0.25, 0.3) is 5.91 Å². The van der Waals surface area contributed by atoms with Crippen molar-refractivity contribution in [1.29, 1.82) is 0 Å². The summed E-state index contributed by atoms with van der Waals surface area (Å²) in [7, 11) is -2.10. The Kier molecular flexibility index (Phi) is 7.04. The number of carbonyl (C=O) groups is 1. The Morgan fingerprint density at radius 2 is 1.86 bits per heavy atom. The van der Waals surface area contributed by atoms with E-state index in [0.29, 0.717) is 27.7 Å². The average Bonchev–Trinajstić information content (AvgIpc) is 2.64. The standard InChI is InChI=1S/C19H22ClN3O4S/c1-13-11-16(20)7-10-18(13)23(28(4,25)26)12-19(24)22-21-14(2)15-5-8-17(27-3)9-6-15/h5-11H,12H2,1-4H3,(H,22,24)/b21-14-. The Balaban J connectivity index is 2.15. The normalized spacial score (nSPS) is 11.8. The maximum absolute atomic E-state index is 12.3. The fraction of sp³-hybridized carbons (Fsp3) is 0.263. The average molecular weight is 424 g/mol. The highest BCUT2D eigenvalue weighted by atomic mass is 35.5. The van der Waals surface area contributed by atoms with Gasteiger partial charge in [-0.25, -0.2) is 13.8 Å². The number of hydrogen-bond donors (Lipinski definition) is 1. The predicted octanol–water partition coefficient (Wildman–Crippen LogP) is 2.96. The third-order valence-corrected chi connectivity index (χ3v) is 5.33. The lowest BCUT2D eigenvalue weighted by molar-refractivity contribution is -0.119. The van der Waals surface area contributed by atoms with Gasteiger partial charge in [0, 0.05) is 5.02 Å². The molecule has 7 nitrogen and oxygen atoms in total. The monoisotopic (exact) mass is 423 g/mol. The van der Waals surface area contributed by atoms with E-state index in [2.05, 4.69) is 10.5 Å². The van der Waals surface area contributed by atoms with Crippen LogP contribution in [0.5, 0.6) is 5.75 Å². The summed E-state index contributed by atoms with van der Waals surface area (Å²) in [5.74, 6) is 0.148. The number of hydrazone groups is 1. The van der Waals surface area contributed by atoms with Crippen LogP contribution in [0.15, 0.2) is 47.6 Å². The van der Waals surface area contributed by atoms with E-state index in [0.717, 1.165) is 16.1 Å². The minimum atomic E-state index is -3.68. The fourth-order valence-corrected chi connectivity index (χ4v) is 3.63. The van der Waals surface area contributed by atoms with Crippen LogP contribution in [0.3, 0.4) is 0 Å². The van der Waals surface area contributed by atoms with Gasteiger partial charge in [-0.2, -0.15) is 5.10 Å². The number of sulfonamides is 1. The van der Waals surface area contributed by atoms with Crippen molar-refractivity contribution in [2.45, 2.75) is 13.8 Å². The molecule has 0 heterocycles. The predicted molar refractivity (Wildman–Crippen MR) is 112 cm³/mol. The molecular formula is C19H22ClN3O4S. The van der Waals surface area contributed by atoms with E-state index in [1.54, 1.807) is 51.3 Å². The molecule has 1 N–H and O–H groups in total. The van der Waals surface area contributed by atoms with E-state index in [1.165, 1.54) is 0 Å². The first-order valence-corrected chi connectivity index (χ1v) is 10.6. The number of methoxy groups -OCH3 is 1. The Morgan fingerprint density at radius 3 is 2.39 bits per heavy atom. The number of nitrogens with one attached hydrogen (secondary N) is 1. The Morgan fingerprint density at radius 1 is 1.21 bits per heavy atom. The molecule has 0 aliphatic carbocycles. The van der Waals surface area contributed by atoms with E-state index in [1.807, 2.05) is 12.1 Å². The summed E-state index contributed by atoms with van der Waals surface area (Å²) in [6.45, 7) is 3.06. The van der Waals surface area contributed by atoms with Crippen molar-refractivity contribution in [3.63, 3.8) is 0 Å². The Hall–Kier alpha value is -2.58. The van der Waals surface area contributed by atoms with Crippen molar-refractivity contribution < 1.29 is 17.9 Å². The first-order chi connectivity index (χ1) is 13.1. The lowest BCUT2D eigenvalue weighted by Gasteiger charge is -2.23. The van der Waals surface area contributed by atoms with Gasteiger partial charge in [-0.1, -0.05) is 11.6 Å². The molecule has 0 saturated carbocycles. The van der Waals surface area contributed by atoms with Crippen LogP contribution in [0, 0.1) is 6.92 Å². The van der Waals surface area contributed by atoms with Gasteiger partial charge in [-0.3, -0.25) is 9.10 Å². The zero-order valence-electron chi connectivity index (χ0n) is 16.1. The number of halogens is 1. The number of hydrogen-bond acceptors (Lipinski definition) is 5. The molecule has 0 aliphatic rings. The molecule has 0 fully saturated rings. The first kappa shape index (κ1) is 21.7. The molecule has 28 heavy (non-hydrogen) atoms. The molecule has 2 aromatic carbocycles. The van der Waals surface area contributed by atoms with Crippen LogP contribution in [-0.4, -0.2) is 39.9 Å². The van der Waals surface area contributed by atoms with E-state index >= 15 is 0 Å². The molecule has 0 aliphatic heterocycles. The van der Waals surface area contributed by atoms with Crippen molar-refractivity contribution in [2.75, 3.05) is 24.2 Å². The van der Waals surface area contributed by atoms with E-state index < -0.39 is 22.5 Å². The van der Waals surface area contributed by atoms with E-state index in [-0.39, 0.29) is 0 Å². The quantitative estimate of drug-likeness (QED) is 0.547. The summed E-state index contributed by atoms with van der Waals surface area (Å²) >= 11 is 5.93. The topological polar surface area (TPSA) is 88.1 Å². The number of anilines is 1. The molecule has 0 bridgehead atoms. The van der Waals surface area contributed by atoms with Crippen LogP contribution in [0.1, 0.15) is 18.1 Å². The van der Waals surface area contributed by atoms with Crippen LogP contribution in [0.2, 0.25) is 5.02 Å². The van der Waals surface area contributed by atoms with E-state index in [9.17, 15) is 13.2 Å². The lowest BCUT2D eigenvalue weighted by Crippen LogP contribution is -2.39. The van der Waals surface area contributed by atoms with Crippen LogP contribution in [0.25, 0.3) is 0 Å². The number of benzene rings is 2. The minimum Gasteiger partial charge on any atom is -0.497 e. The van der Waals surface area contributed by atoms with Gasteiger partial charge in [-0.05, 0) is 67.4 Å². The minimum absolute atomic E-state index is 0.387. The summed E-state index contributed by atoms with van der Waals surface area (Å²) < 4.78 is 30.5. The summed E-state index contributed by atoms with van der Waals surface area (Å²) in [5.41, 5.74) is 4.80. The second-order valence-electron chi connectivity index (χ2n) is 6.16. The SMILES string of the molecule is COc1ccc(/C(C)=N\NC(=O)CN(c2ccc(Cl)cc2C)S(C)(=O)=O)cc1. The molecule has 2 rings (SSSR count). The lowest BCUT2D eigenvalue weighted by atomic mass is 10.1. The fourth-order valence-electron chi connectivity index (χ4n) is 2.49. The number of ether oxygens (including phenoxy) is 1. The summed E-state index contributed by atoms with van der Waals surface area (Å²) in [6, 6.07) is 12.0. The van der Waals surface area contributed by atoms with Crippen LogP contribution >= 0.6 is 11.6 Å². The maximum Gasteiger partial charge on any atom is 0.260 e. The van der Waals surface area contributed by atoms with Crippen molar-refractivity contribution in [3.8, 4) is 5.75 Å². The molecule has 150 valence electrons. The number of amides is 1. The number of carbonyl (C=O) groups excluding carboxylic acids is 1. The highest BCUT2D eigenvalue weighted by Gasteiger charge is 2.22. The second-order valence-corrected chi connectivity index (χ2v) is 8.50. The van der Waals surface area contributed by atoms with Crippen LogP contribution in [0.4, 0.5) is 5.69 Å². The number of nitrogens with zero attached hydrogens (tertiary/aromatic N) is 2. The van der Waals surface area contributed by atoms with Crippen molar-refractivity contribution in [1.82, 2.24) is 5.43 Å². The molecule has 0 atom stereocenters. The number of rotatable bonds is 7. The van der Waals surface area contributed by atoms with Gasteiger partial charge >= 0.3 is 0 Å². The van der Waals surface area contributed by atoms with Gasteiger partial charge in [0.15, 0.2) is 0 Å². The van der Waals surface area contributed by atoms with Crippen LogP contribution in [-0.2, 0) is 14.8 Å². The molecule has 2 aromatic rings. The van der Waals surface area contributed by atoms with E-state index in [4.69, 9.17) is 16.3 Å². The largest absolute Gasteiger partial charge is 0.497 e. The van der Waals surface area contributed by atoms with Crippen LogP contribution < -0.4 is 14.5 Å². The zero-order valence-corrected chi connectivity index (χ0v) is 17.6. The molecule has 0 aromatic heterocycles. The molecule has 0 radical (unpaired) electrons. The highest BCUT2D eigenvalue weighted by Crippen LogP contribution is 2.25. The Labute approximate surface area is 170 Å². The van der Waals surface area contributed by atoms with Gasteiger partial charge in [0.1, 0.15) is 12.3 Å². The molecule has 1 amide bonds. The summed E-state index contributed by atoms with van der Waals surface area (Å²) in [6.07, 6.45) is 1.04. The second kappa shape index (κ2) is 9.07. The van der Waals surface area contributed by atoms with Crippen molar-refractivity contribution in [2.24, 2.45) is 5.10 Å². The molecular weight excluding hydrogens is 402 g/mol. The van der Waals surface area contributed by atoms with Gasteiger partial charge in [0.05, 0.1) is 24.8 Å². The van der Waals surface area contributed by atoms with Crippen molar-refractivity contribution >= 4 is 38.9 Å². The highest BCUT2D eigenvalue weighted by molar-refractivity contribution is 7.92. The molecule has 0 spiro atoms. The third-order valence-electron chi connectivity index (χ3n) is 3.97. The van der Waals surface area contributed by atoms with Gasteiger partial charge < -0.3 is 4.74 Å². The maximum atomic E-state index is 12.3. The van der Waals surface area contributed by atoms with Gasteiger partial charge in [-0.15, -0.1) is 0 Å². The summed E-state index contributed by atoms with van der Waals surface area (Å²) in [4.78, 5) is 12.3. The van der Waals surface area contributed by atoms with Gasteiger partial charge in [0.2, 0.25) is 10.0 Å². The molecule has 0 saturated heterocycles. The summed E-state index contributed by atoms with van der Waals surface area (Å²) in [5, 5.41) is 4.53. The first-order valence-electron chi connectivity index (χ1n) is 8.33. The number of aryl methyl sites for hydroxylation is 1. The Bertz CT molecular complexity index is 989. The smallest absolute Gasteiger partial charge is 0.260 e. The van der Waals surface area contributed by atoms with Crippen molar-refractivity contribution in [3.05, 3.63) is 58.6 Å². The third kappa shape index (κ3) is 5.71. The zero-order chi connectivity index (χ0) is 20.9. The molecule has 9 heteroatoms.